The monoisotopic (exact) mass is 290 g/mol. The molecule has 0 aromatic carbocycles. The van der Waals surface area contributed by atoms with Gasteiger partial charge in [0.05, 0.1) is 7.11 Å². The summed E-state index contributed by atoms with van der Waals surface area (Å²) < 4.78 is 32.8. The van der Waals surface area contributed by atoms with Crippen LogP contribution in [0.5, 0.6) is 0 Å². The van der Waals surface area contributed by atoms with Crippen molar-refractivity contribution < 1.29 is 17.9 Å². The zero-order valence-corrected chi connectivity index (χ0v) is 12.4. The Hall–Kier alpha value is -0.660. The molecule has 2 saturated heterocycles. The first kappa shape index (κ1) is 14.7. The molecule has 0 amide bonds. The highest BCUT2D eigenvalue weighted by Gasteiger charge is 2.42. The molecule has 0 aliphatic carbocycles. The quantitative estimate of drug-likeness (QED) is 0.714. The van der Waals surface area contributed by atoms with Crippen LogP contribution in [0.3, 0.4) is 0 Å². The van der Waals surface area contributed by atoms with E-state index < -0.39 is 22.2 Å². The van der Waals surface area contributed by atoms with E-state index in [2.05, 4.69) is 6.92 Å². The Morgan fingerprint density at radius 1 is 1.21 bits per heavy atom. The smallest absolute Gasteiger partial charge is 0.324 e. The molecule has 0 aromatic heterocycles. The van der Waals surface area contributed by atoms with Crippen molar-refractivity contribution in [2.75, 3.05) is 26.7 Å². The second-order valence-corrected chi connectivity index (χ2v) is 7.29. The van der Waals surface area contributed by atoms with Crippen LogP contribution in [0.1, 0.15) is 32.6 Å². The molecule has 2 fully saturated rings. The molecule has 0 saturated carbocycles. The minimum Gasteiger partial charge on any atom is -0.468 e. The van der Waals surface area contributed by atoms with Gasteiger partial charge in [-0.05, 0) is 31.6 Å². The van der Waals surface area contributed by atoms with Crippen molar-refractivity contribution in [2.24, 2.45) is 5.92 Å². The second-order valence-electron chi connectivity index (χ2n) is 5.41. The third kappa shape index (κ3) is 2.93. The van der Waals surface area contributed by atoms with Crippen LogP contribution in [0, 0.1) is 5.92 Å². The Kier molecular flexibility index (Phi) is 4.47. The minimum atomic E-state index is -3.53. The number of piperidine rings is 1. The van der Waals surface area contributed by atoms with Gasteiger partial charge >= 0.3 is 5.97 Å². The average molecular weight is 290 g/mol. The van der Waals surface area contributed by atoms with Gasteiger partial charge in [0.2, 0.25) is 0 Å². The number of rotatable bonds is 3. The third-order valence-corrected chi connectivity index (χ3v) is 5.93. The maximum Gasteiger partial charge on any atom is 0.324 e. The van der Waals surface area contributed by atoms with Crippen LogP contribution in [-0.4, -0.2) is 55.8 Å². The number of ether oxygens (including phenoxy) is 1. The van der Waals surface area contributed by atoms with Gasteiger partial charge in [-0.15, -0.1) is 0 Å². The highest BCUT2D eigenvalue weighted by molar-refractivity contribution is 7.86. The molecule has 2 atom stereocenters. The molecule has 0 radical (unpaired) electrons. The normalized spacial score (nSPS) is 30.4. The van der Waals surface area contributed by atoms with E-state index in [1.807, 2.05) is 0 Å². The molecule has 110 valence electrons. The Balaban J connectivity index is 2.16. The van der Waals surface area contributed by atoms with Gasteiger partial charge in [0.15, 0.2) is 0 Å². The fraction of sp³-hybridized carbons (Fsp3) is 0.917. The first-order chi connectivity index (χ1) is 8.96. The first-order valence-corrected chi connectivity index (χ1v) is 8.21. The molecule has 6 nitrogen and oxygen atoms in total. The van der Waals surface area contributed by atoms with Crippen LogP contribution < -0.4 is 0 Å². The molecule has 0 aromatic rings. The topological polar surface area (TPSA) is 66.9 Å². The number of hydrogen-bond acceptors (Lipinski definition) is 4. The second kappa shape index (κ2) is 5.76. The lowest BCUT2D eigenvalue weighted by Gasteiger charge is -2.34. The summed E-state index contributed by atoms with van der Waals surface area (Å²) in [5, 5.41) is 0. The van der Waals surface area contributed by atoms with Gasteiger partial charge in [0.25, 0.3) is 10.2 Å². The van der Waals surface area contributed by atoms with Gasteiger partial charge in [-0.2, -0.15) is 17.0 Å². The van der Waals surface area contributed by atoms with E-state index in [9.17, 15) is 13.2 Å². The van der Waals surface area contributed by atoms with Crippen molar-refractivity contribution in [1.29, 1.82) is 0 Å². The van der Waals surface area contributed by atoms with E-state index in [1.54, 1.807) is 0 Å². The highest BCUT2D eigenvalue weighted by Crippen LogP contribution is 2.27. The number of hydrogen-bond donors (Lipinski definition) is 0. The van der Waals surface area contributed by atoms with E-state index in [-0.39, 0.29) is 0 Å². The molecule has 7 heteroatoms. The van der Waals surface area contributed by atoms with E-state index in [4.69, 9.17) is 4.74 Å². The Bertz CT molecular complexity index is 437. The van der Waals surface area contributed by atoms with Crippen molar-refractivity contribution >= 4 is 16.2 Å². The average Bonchev–Trinajstić information content (AvgIpc) is 2.87. The van der Waals surface area contributed by atoms with Crippen molar-refractivity contribution in [2.45, 2.75) is 38.6 Å². The standard InChI is InChI=1S/C12H22N2O4S/c1-10-5-3-7-13(9-10)19(16,17)14-8-4-6-11(14)12(15)18-2/h10-11H,3-9H2,1-2H3. The SMILES string of the molecule is COC(=O)C1CCCN1S(=O)(=O)N1CCCC(C)C1. The van der Waals surface area contributed by atoms with Gasteiger partial charge in [-0.25, -0.2) is 0 Å². The van der Waals surface area contributed by atoms with Crippen LogP contribution in [0.25, 0.3) is 0 Å². The van der Waals surface area contributed by atoms with Crippen LogP contribution >= 0.6 is 0 Å². The summed E-state index contributed by atoms with van der Waals surface area (Å²) in [6.07, 6.45) is 3.21. The number of carbonyl (C=O) groups excluding carboxylic acids is 1. The summed E-state index contributed by atoms with van der Waals surface area (Å²) >= 11 is 0. The van der Waals surface area contributed by atoms with Crippen molar-refractivity contribution in [3.8, 4) is 0 Å². The largest absolute Gasteiger partial charge is 0.468 e. The fourth-order valence-electron chi connectivity index (χ4n) is 2.89. The molecule has 2 aliphatic heterocycles. The predicted octanol–water partition coefficient (Wildman–Crippen LogP) is 0.600. The zero-order valence-electron chi connectivity index (χ0n) is 11.5. The number of carbonyl (C=O) groups is 1. The number of nitrogens with zero attached hydrogens (tertiary/aromatic N) is 2. The van der Waals surface area contributed by atoms with E-state index in [0.29, 0.717) is 38.4 Å². The number of methoxy groups -OCH3 is 1. The van der Waals surface area contributed by atoms with E-state index >= 15 is 0 Å². The summed E-state index contributed by atoms with van der Waals surface area (Å²) in [7, 11) is -2.23. The minimum absolute atomic E-state index is 0.378. The maximum absolute atomic E-state index is 12.6. The molecule has 2 unspecified atom stereocenters. The summed E-state index contributed by atoms with van der Waals surface area (Å²) in [4.78, 5) is 11.7. The van der Waals surface area contributed by atoms with Crippen molar-refractivity contribution in [1.82, 2.24) is 8.61 Å². The molecule has 2 aliphatic rings. The van der Waals surface area contributed by atoms with Crippen LogP contribution in [0.15, 0.2) is 0 Å². The molecule has 2 rings (SSSR count). The van der Waals surface area contributed by atoms with Gasteiger partial charge in [-0.3, -0.25) is 4.79 Å². The lowest BCUT2D eigenvalue weighted by atomic mass is 10.0. The fourth-order valence-corrected chi connectivity index (χ4v) is 4.86. The Morgan fingerprint density at radius 2 is 1.89 bits per heavy atom. The van der Waals surface area contributed by atoms with Gasteiger partial charge in [-0.1, -0.05) is 6.92 Å². The molecular formula is C12H22N2O4S. The first-order valence-electron chi connectivity index (χ1n) is 6.81. The summed E-state index contributed by atoms with van der Waals surface area (Å²) in [6, 6.07) is -0.646. The van der Waals surface area contributed by atoms with Crippen molar-refractivity contribution in [3.63, 3.8) is 0 Å². The zero-order chi connectivity index (χ0) is 14.0. The molecular weight excluding hydrogens is 268 g/mol. The number of esters is 1. The third-order valence-electron chi connectivity index (χ3n) is 3.92. The molecule has 0 bridgehead atoms. The Morgan fingerprint density at radius 3 is 2.53 bits per heavy atom. The highest BCUT2D eigenvalue weighted by atomic mass is 32.2. The summed E-state index contributed by atoms with van der Waals surface area (Å²) in [5.74, 6) is -0.0752. The lowest BCUT2D eigenvalue weighted by molar-refractivity contribution is -0.144. The lowest BCUT2D eigenvalue weighted by Crippen LogP contribution is -2.51. The van der Waals surface area contributed by atoms with E-state index in [0.717, 1.165) is 12.8 Å². The molecule has 0 spiro atoms. The van der Waals surface area contributed by atoms with Gasteiger partial charge in [0.1, 0.15) is 6.04 Å². The molecule has 19 heavy (non-hydrogen) atoms. The van der Waals surface area contributed by atoms with Crippen LogP contribution in [-0.2, 0) is 19.7 Å². The van der Waals surface area contributed by atoms with E-state index in [1.165, 1.54) is 15.7 Å². The predicted molar refractivity (Wildman–Crippen MR) is 70.6 cm³/mol. The molecule has 2 heterocycles. The summed E-state index contributed by atoms with van der Waals surface area (Å²) in [6.45, 7) is 3.57. The van der Waals surface area contributed by atoms with Gasteiger partial charge in [0, 0.05) is 19.6 Å². The van der Waals surface area contributed by atoms with Crippen LogP contribution in [0.2, 0.25) is 0 Å². The van der Waals surface area contributed by atoms with Crippen LogP contribution in [0.4, 0.5) is 0 Å². The summed E-state index contributed by atoms with van der Waals surface area (Å²) in [5.41, 5.74) is 0. The van der Waals surface area contributed by atoms with Gasteiger partial charge < -0.3 is 4.74 Å². The maximum atomic E-state index is 12.6. The molecule has 0 N–H and O–H groups in total. The Labute approximate surface area is 114 Å². The van der Waals surface area contributed by atoms with Crippen molar-refractivity contribution in [3.05, 3.63) is 0 Å².